The Morgan fingerprint density at radius 3 is 2.71 bits per heavy atom. The van der Waals surface area contributed by atoms with Gasteiger partial charge in [-0.05, 0) is 56.5 Å². The summed E-state index contributed by atoms with van der Waals surface area (Å²) in [6.45, 7) is 7.84. The van der Waals surface area contributed by atoms with Crippen LogP contribution in [-0.2, 0) is 9.59 Å². The molecule has 7 heteroatoms. The van der Waals surface area contributed by atoms with Crippen LogP contribution in [0.5, 0.6) is 0 Å². The van der Waals surface area contributed by atoms with Gasteiger partial charge in [-0.15, -0.1) is 0 Å². The molecule has 0 bridgehead atoms. The SMILES string of the molecule is CC(C)=C1N=C2NC(=O)CC(C(=O)Nc3ccc(C)c(C)c3)N2N1. The Labute approximate surface area is 140 Å². The second kappa shape index (κ2) is 5.99. The lowest BCUT2D eigenvalue weighted by molar-refractivity contribution is -0.129. The topological polar surface area (TPSA) is 85.8 Å². The third-order valence-electron chi connectivity index (χ3n) is 4.16. The highest BCUT2D eigenvalue weighted by Crippen LogP contribution is 2.20. The summed E-state index contributed by atoms with van der Waals surface area (Å²) >= 11 is 0. The van der Waals surface area contributed by atoms with Gasteiger partial charge in [0.2, 0.25) is 17.8 Å². The van der Waals surface area contributed by atoms with Crippen molar-refractivity contribution in [3.05, 3.63) is 40.7 Å². The number of anilines is 1. The lowest BCUT2D eigenvalue weighted by atomic mass is 10.1. The lowest BCUT2D eigenvalue weighted by Crippen LogP contribution is -2.61. The number of allylic oxidation sites excluding steroid dienone is 1. The van der Waals surface area contributed by atoms with Gasteiger partial charge < -0.3 is 5.32 Å². The molecule has 0 radical (unpaired) electrons. The van der Waals surface area contributed by atoms with Gasteiger partial charge in [-0.2, -0.15) is 4.99 Å². The maximum absolute atomic E-state index is 12.7. The van der Waals surface area contributed by atoms with E-state index in [0.29, 0.717) is 17.5 Å². The van der Waals surface area contributed by atoms with Crippen LogP contribution < -0.4 is 16.1 Å². The number of fused-ring (bicyclic) bond motifs is 1. The van der Waals surface area contributed by atoms with Crippen molar-refractivity contribution in [3.63, 3.8) is 0 Å². The third-order valence-corrected chi connectivity index (χ3v) is 4.16. The van der Waals surface area contributed by atoms with Gasteiger partial charge in [-0.3, -0.25) is 20.3 Å². The molecule has 2 aliphatic rings. The fourth-order valence-corrected chi connectivity index (χ4v) is 2.59. The Morgan fingerprint density at radius 1 is 1.29 bits per heavy atom. The van der Waals surface area contributed by atoms with Crippen molar-refractivity contribution in [3.8, 4) is 0 Å². The number of amides is 2. The molecule has 24 heavy (non-hydrogen) atoms. The number of guanidine groups is 1. The van der Waals surface area contributed by atoms with Gasteiger partial charge in [0.15, 0.2) is 0 Å². The zero-order valence-electron chi connectivity index (χ0n) is 14.2. The molecule has 1 atom stereocenters. The van der Waals surface area contributed by atoms with Gasteiger partial charge in [0.1, 0.15) is 11.9 Å². The Bertz CT molecular complexity index is 777. The zero-order chi connectivity index (χ0) is 17.4. The Kier molecular flexibility index (Phi) is 4.01. The molecule has 2 heterocycles. The van der Waals surface area contributed by atoms with Crippen LogP contribution in [0.2, 0.25) is 0 Å². The van der Waals surface area contributed by atoms with Crippen LogP contribution in [0.1, 0.15) is 31.4 Å². The van der Waals surface area contributed by atoms with Crippen LogP contribution in [0.3, 0.4) is 0 Å². The molecule has 3 N–H and O–H groups in total. The van der Waals surface area contributed by atoms with Crippen LogP contribution >= 0.6 is 0 Å². The normalized spacial score (nSPS) is 19.2. The van der Waals surface area contributed by atoms with E-state index in [-0.39, 0.29) is 18.2 Å². The first kappa shape index (κ1) is 16.0. The number of benzene rings is 1. The van der Waals surface area contributed by atoms with Gasteiger partial charge >= 0.3 is 0 Å². The van der Waals surface area contributed by atoms with E-state index in [0.717, 1.165) is 16.7 Å². The average Bonchev–Trinajstić information content (AvgIpc) is 2.94. The minimum absolute atomic E-state index is 0.0682. The molecule has 7 nitrogen and oxygen atoms in total. The summed E-state index contributed by atoms with van der Waals surface area (Å²) in [7, 11) is 0. The number of aliphatic imine (C=N–C) groups is 1. The van der Waals surface area contributed by atoms with Crippen LogP contribution in [0.15, 0.2) is 34.6 Å². The van der Waals surface area contributed by atoms with Crippen molar-refractivity contribution in [2.75, 3.05) is 5.32 Å². The van der Waals surface area contributed by atoms with Crippen molar-refractivity contribution in [1.29, 1.82) is 0 Å². The number of hydrogen-bond donors (Lipinski definition) is 3. The fraction of sp³-hybridized carbons (Fsp3) is 0.353. The highest BCUT2D eigenvalue weighted by atomic mass is 16.2. The largest absolute Gasteiger partial charge is 0.324 e. The first-order valence-corrected chi connectivity index (χ1v) is 7.85. The van der Waals surface area contributed by atoms with E-state index >= 15 is 0 Å². The number of nitrogens with one attached hydrogen (secondary N) is 3. The van der Waals surface area contributed by atoms with E-state index in [4.69, 9.17) is 0 Å². The Hall–Kier alpha value is -2.83. The molecule has 126 valence electrons. The van der Waals surface area contributed by atoms with Crippen LogP contribution in [-0.4, -0.2) is 28.8 Å². The minimum Gasteiger partial charge on any atom is -0.324 e. The number of aryl methyl sites for hydroxylation is 2. The van der Waals surface area contributed by atoms with Crippen LogP contribution in [0, 0.1) is 13.8 Å². The monoisotopic (exact) mass is 327 g/mol. The molecule has 1 saturated heterocycles. The maximum atomic E-state index is 12.7. The highest BCUT2D eigenvalue weighted by Gasteiger charge is 2.39. The number of carbonyl (C=O) groups is 2. The summed E-state index contributed by atoms with van der Waals surface area (Å²) in [5.41, 5.74) is 7.03. The predicted molar refractivity (Wildman–Crippen MR) is 91.9 cm³/mol. The molecule has 1 aromatic rings. The summed E-state index contributed by atoms with van der Waals surface area (Å²) in [6.07, 6.45) is 0.0682. The lowest BCUT2D eigenvalue weighted by Gasteiger charge is -2.32. The summed E-state index contributed by atoms with van der Waals surface area (Å²) in [5, 5.41) is 7.19. The first-order chi connectivity index (χ1) is 11.3. The number of carbonyl (C=O) groups excluding carboxylic acids is 2. The molecule has 1 aromatic carbocycles. The van der Waals surface area contributed by atoms with Crippen molar-refractivity contribution < 1.29 is 9.59 Å². The first-order valence-electron chi connectivity index (χ1n) is 7.85. The van der Waals surface area contributed by atoms with Crippen molar-refractivity contribution >= 4 is 23.5 Å². The number of hydrogen-bond acceptors (Lipinski definition) is 5. The quantitative estimate of drug-likeness (QED) is 0.769. The van der Waals surface area contributed by atoms with E-state index in [1.54, 1.807) is 5.01 Å². The van der Waals surface area contributed by atoms with E-state index in [2.05, 4.69) is 21.1 Å². The fourth-order valence-electron chi connectivity index (χ4n) is 2.59. The molecule has 2 aliphatic heterocycles. The number of hydrazine groups is 1. The molecule has 2 amide bonds. The van der Waals surface area contributed by atoms with Gasteiger partial charge in [0.25, 0.3) is 0 Å². The van der Waals surface area contributed by atoms with Crippen LogP contribution in [0.25, 0.3) is 0 Å². The number of rotatable bonds is 2. The highest BCUT2D eigenvalue weighted by molar-refractivity contribution is 6.07. The third kappa shape index (κ3) is 2.97. The van der Waals surface area contributed by atoms with E-state index in [9.17, 15) is 9.59 Å². The van der Waals surface area contributed by atoms with Crippen LogP contribution in [0.4, 0.5) is 5.69 Å². The van der Waals surface area contributed by atoms with Crippen molar-refractivity contribution in [2.45, 2.75) is 40.2 Å². The molecular formula is C17H21N5O2. The van der Waals surface area contributed by atoms with Gasteiger partial charge in [-0.25, -0.2) is 5.01 Å². The summed E-state index contributed by atoms with van der Waals surface area (Å²) in [4.78, 5) is 28.9. The smallest absolute Gasteiger partial charge is 0.249 e. The Morgan fingerprint density at radius 2 is 2.04 bits per heavy atom. The summed E-state index contributed by atoms with van der Waals surface area (Å²) in [5.74, 6) is 0.546. The van der Waals surface area contributed by atoms with Gasteiger partial charge in [-0.1, -0.05) is 6.07 Å². The minimum atomic E-state index is -0.657. The number of nitrogens with zero attached hydrogens (tertiary/aromatic N) is 2. The summed E-state index contributed by atoms with van der Waals surface area (Å²) < 4.78 is 0. The van der Waals surface area contributed by atoms with Gasteiger partial charge in [0, 0.05) is 5.69 Å². The Balaban J connectivity index is 1.81. The molecule has 1 unspecified atom stereocenters. The van der Waals surface area contributed by atoms with E-state index in [1.165, 1.54) is 0 Å². The molecule has 0 saturated carbocycles. The summed E-state index contributed by atoms with van der Waals surface area (Å²) in [6, 6.07) is 5.08. The average molecular weight is 327 g/mol. The van der Waals surface area contributed by atoms with Gasteiger partial charge in [0.05, 0.1) is 6.42 Å². The molecule has 0 spiro atoms. The zero-order valence-corrected chi connectivity index (χ0v) is 14.2. The standard InChI is InChI=1S/C17H21N5O2/c1-9(2)15-20-17-19-14(23)8-13(22(17)21-15)16(24)18-12-6-5-10(3)11(4)7-12/h5-7,13,21H,8H2,1-4H3,(H,18,24)(H,19,20,23). The molecular weight excluding hydrogens is 306 g/mol. The second-order valence-electron chi connectivity index (χ2n) is 6.32. The van der Waals surface area contributed by atoms with Crippen molar-refractivity contribution in [1.82, 2.24) is 15.8 Å². The van der Waals surface area contributed by atoms with E-state index in [1.807, 2.05) is 45.9 Å². The second-order valence-corrected chi connectivity index (χ2v) is 6.32. The molecule has 3 rings (SSSR count). The molecule has 0 aliphatic carbocycles. The predicted octanol–water partition coefficient (Wildman–Crippen LogP) is 1.56. The maximum Gasteiger partial charge on any atom is 0.249 e. The van der Waals surface area contributed by atoms with Crippen molar-refractivity contribution in [2.24, 2.45) is 4.99 Å². The molecule has 0 aromatic heterocycles. The van der Waals surface area contributed by atoms with E-state index < -0.39 is 6.04 Å². The molecule has 1 fully saturated rings.